The zero-order chi connectivity index (χ0) is 9.56. The van der Waals surface area contributed by atoms with E-state index in [1.54, 1.807) is 0 Å². The molecule has 2 heteroatoms. The highest BCUT2D eigenvalue weighted by molar-refractivity contribution is 4.68. The molecule has 0 heterocycles. The van der Waals surface area contributed by atoms with Gasteiger partial charge in [-0.2, -0.15) is 0 Å². The van der Waals surface area contributed by atoms with Crippen molar-refractivity contribution < 1.29 is 10.2 Å². The first kappa shape index (κ1) is 11.9. The summed E-state index contributed by atoms with van der Waals surface area (Å²) in [6, 6.07) is 0. The second kappa shape index (κ2) is 6.44. The summed E-state index contributed by atoms with van der Waals surface area (Å²) in [4.78, 5) is 0. The van der Waals surface area contributed by atoms with Gasteiger partial charge in [0.05, 0.1) is 0 Å². The second-order valence-corrected chi connectivity index (χ2v) is 3.92. The monoisotopic (exact) mass is 174 g/mol. The third-order valence-corrected chi connectivity index (χ3v) is 2.43. The van der Waals surface area contributed by atoms with E-state index < -0.39 is 0 Å². The van der Waals surface area contributed by atoms with E-state index in [1.165, 1.54) is 0 Å². The van der Waals surface area contributed by atoms with Crippen LogP contribution in [0.2, 0.25) is 0 Å². The van der Waals surface area contributed by atoms with Crippen molar-refractivity contribution in [2.45, 2.75) is 33.6 Å². The van der Waals surface area contributed by atoms with Crippen LogP contribution in [0.5, 0.6) is 0 Å². The molecule has 0 aromatic heterocycles. The maximum Gasteiger partial charge on any atom is 0.0462 e. The molecule has 74 valence electrons. The lowest BCUT2D eigenvalue weighted by Crippen LogP contribution is -2.22. The Morgan fingerprint density at radius 1 is 1.00 bits per heavy atom. The molecule has 0 aliphatic heterocycles. The maximum atomic E-state index is 9.10. The van der Waals surface area contributed by atoms with Crippen LogP contribution in [0, 0.1) is 17.8 Å². The van der Waals surface area contributed by atoms with Crippen LogP contribution < -0.4 is 0 Å². The molecule has 0 saturated carbocycles. The number of aliphatic hydroxyl groups excluding tert-OH is 2. The molecule has 0 saturated heterocycles. The van der Waals surface area contributed by atoms with E-state index in [1.807, 2.05) is 0 Å². The standard InChI is InChI=1S/C10H22O2/c1-4-9(6-11)10(7-12)5-8(2)3/h8-12H,4-7H2,1-3H3. The molecular formula is C10H22O2. The molecule has 0 aliphatic carbocycles. The summed E-state index contributed by atoms with van der Waals surface area (Å²) in [5.74, 6) is 1.15. The molecule has 0 radical (unpaired) electrons. The third kappa shape index (κ3) is 4.07. The van der Waals surface area contributed by atoms with Gasteiger partial charge >= 0.3 is 0 Å². The van der Waals surface area contributed by atoms with E-state index in [-0.39, 0.29) is 25.0 Å². The van der Waals surface area contributed by atoms with Gasteiger partial charge in [0.1, 0.15) is 0 Å². The van der Waals surface area contributed by atoms with Crippen LogP contribution in [-0.2, 0) is 0 Å². The average Bonchev–Trinajstić information content (AvgIpc) is 2.04. The van der Waals surface area contributed by atoms with Crippen molar-refractivity contribution in [2.24, 2.45) is 17.8 Å². The molecular weight excluding hydrogens is 152 g/mol. The fraction of sp³-hybridized carbons (Fsp3) is 1.00. The Bertz CT molecular complexity index is 98.0. The van der Waals surface area contributed by atoms with Crippen molar-refractivity contribution in [1.29, 1.82) is 0 Å². The molecule has 0 fully saturated rings. The van der Waals surface area contributed by atoms with Crippen molar-refractivity contribution in [2.75, 3.05) is 13.2 Å². The molecule has 0 spiro atoms. The van der Waals surface area contributed by atoms with Crippen LogP contribution in [0.3, 0.4) is 0 Å². The molecule has 2 nitrogen and oxygen atoms in total. The molecule has 2 unspecified atom stereocenters. The van der Waals surface area contributed by atoms with Crippen LogP contribution in [0.4, 0.5) is 0 Å². The molecule has 0 aromatic rings. The van der Waals surface area contributed by atoms with Gasteiger partial charge in [-0.3, -0.25) is 0 Å². The minimum absolute atomic E-state index is 0.203. The number of aliphatic hydroxyl groups is 2. The Kier molecular flexibility index (Phi) is 6.39. The van der Waals surface area contributed by atoms with E-state index >= 15 is 0 Å². The average molecular weight is 174 g/mol. The maximum absolute atomic E-state index is 9.10. The van der Waals surface area contributed by atoms with Gasteiger partial charge in [0, 0.05) is 13.2 Å². The highest BCUT2D eigenvalue weighted by atomic mass is 16.3. The predicted molar refractivity (Wildman–Crippen MR) is 50.9 cm³/mol. The SMILES string of the molecule is CCC(CO)C(CO)CC(C)C. The highest BCUT2D eigenvalue weighted by Crippen LogP contribution is 2.22. The molecule has 2 atom stereocenters. The quantitative estimate of drug-likeness (QED) is 0.643. The van der Waals surface area contributed by atoms with Crippen LogP contribution in [0.15, 0.2) is 0 Å². The van der Waals surface area contributed by atoms with E-state index in [2.05, 4.69) is 20.8 Å². The van der Waals surface area contributed by atoms with E-state index in [4.69, 9.17) is 10.2 Å². The molecule has 0 aliphatic rings. The Labute approximate surface area is 75.6 Å². The van der Waals surface area contributed by atoms with Crippen LogP contribution in [-0.4, -0.2) is 23.4 Å². The first-order chi connectivity index (χ1) is 5.65. The lowest BCUT2D eigenvalue weighted by Gasteiger charge is -2.24. The van der Waals surface area contributed by atoms with Gasteiger partial charge in [-0.25, -0.2) is 0 Å². The molecule has 0 amide bonds. The van der Waals surface area contributed by atoms with Gasteiger partial charge < -0.3 is 10.2 Å². The molecule has 12 heavy (non-hydrogen) atoms. The zero-order valence-electron chi connectivity index (χ0n) is 8.45. The van der Waals surface area contributed by atoms with E-state index in [9.17, 15) is 0 Å². The van der Waals surface area contributed by atoms with Crippen molar-refractivity contribution in [1.82, 2.24) is 0 Å². The Balaban J connectivity index is 3.92. The van der Waals surface area contributed by atoms with Gasteiger partial charge in [-0.1, -0.05) is 27.2 Å². The normalized spacial score (nSPS) is 16.5. The van der Waals surface area contributed by atoms with E-state index in [0.29, 0.717) is 5.92 Å². The van der Waals surface area contributed by atoms with Crippen molar-refractivity contribution in [3.05, 3.63) is 0 Å². The minimum Gasteiger partial charge on any atom is -0.396 e. The van der Waals surface area contributed by atoms with Crippen molar-refractivity contribution in [3.8, 4) is 0 Å². The van der Waals surface area contributed by atoms with Crippen molar-refractivity contribution in [3.63, 3.8) is 0 Å². The Morgan fingerprint density at radius 3 is 1.75 bits per heavy atom. The second-order valence-electron chi connectivity index (χ2n) is 3.92. The Morgan fingerprint density at radius 2 is 1.50 bits per heavy atom. The summed E-state index contributed by atoms with van der Waals surface area (Å²) in [7, 11) is 0. The van der Waals surface area contributed by atoms with Gasteiger partial charge in [0.2, 0.25) is 0 Å². The first-order valence-electron chi connectivity index (χ1n) is 4.87. The van der Waals surface area contributed by atoms with Crippen LogP contribution in [0.1, 0.15) is 33.6 Å². The largest absolute Gasteiger partial charge is 0.396 e. The Hall–Kier alpha value is -0.0800. The summed E-state index contributed by atoms with van der Waals surface area (Å²) in [6.07, 6.45) is 1.96. The van der Waals surface area contributed by atoms with Gasteiger partial charge in [0.15, 0.2) is 0 Å². The van der Waals surface area contributed by atoms with Gasteiger partial charge in [-0.15, -0.1) is 0 Å². The minimum atomic E-state index is 0.203. The summed E-state index contributed by atoms with van der Waals surface area (Å²) >= 11 is 0. The topological polar surface area (TPSA) is 40.5 Å². The zero-order valence-corrected chi connectivity index (χ0v) is 8.45. The summed E-state index contributed by atoms with van der Waals surface area (Å²) in [6.45, 7) is 6.76. The summed E-state index contributed by atoms with van der Waals surface area (Å²) in [5, 5.41) is 18.1. The van der Waals surface area contributed by atoms with Gasteiger partial charge in [0.25, 0.3) is 0 Å². The predicted octanol–water partition coefficient (Wildman–Crippen LogP) is 1.66. The summed E-state index contributed by atoms with van der Waals surface area (Å²) in [5.41, 5.74) is 0. The molecule has 0 rings (SSSR count). The van der Waals surface area contributed by atoms with Crippen molar-refractivity contribution >= 4 is 0 Å². The summed E-state index contributed by atoms with van der Waals surface area (Å²) < 4.78 is 0. The molecule has 2 N–H and O–H groups in total. The van der Waals surface area contributed by atoms with Crippen LogP contribution in [0.25, 0.3) is 0 Å². The molecule has 0 bridgehead atoms. The van der Waals surface area contributed by atoms with Gasteiger partial charge in [-0.05, 0) is 24.2 Å². The van der Waals surface area contributed by atoms with E-state index in [0.717, 1.165) is 12.8 Å². The smallest absolute Gasteiger partial charge is 0.0462 e. The molecule has 0 aromatic carbocycles. The third-order valence-electron chi connectivity index (χ3n) is 2.43. The first-order valence-corrected chi connectivity index (χ1v) is 4.87. The number of hydrogen-bond donors (Lipinski definition) is 2. The lowest BCUT2D eigenvalue weighted by atomic mass is 9.85. The number of rotatable bonds is 6. The lowest BCUT2D eigenvalue weighted by molar-refractivity contribution is 0.103. The fourth-order valence-electron chi connectivity index (χ4n) is 1.63. The highest BCUT2D eigenvalue weighted by Gasteiger charge is 2.19. The van der Waals surface area contributed by atoms with Crippen LogP contribution >= 0.6 is 0 Å². The number of hydrogen-bond acceptors (Lipinski definition) is 2. The fourth-order valence-corrected chi connectivity index (χ4v) is 1.63.